The number of hydrogen-bond acceptors (Lipinski definition) is 2. The van der Waals surface area contributed by atoms with Crippen LogP contribution < -0.4 is 0 Å². The molecule has 1 heterocycles. The molecule has 0 aliphatic rings. The Morgan fingerprint density at radius 1 is 1.40 bits per heavy atom. The van der Waals surface area contributed by atoms with Crippen LogP contribution in [-0.2, 0) is 17.6 Å². The lowest BCUT2D eigenvalue weighted by atomic mass is 9.92. The molecular weight excluding hydrogens is 208 g/mol. The third-order valence-electron chi connectivity index (χ3n) is 2.61. The molecule has 15 heavy (non-hydrogen) atoms. The minimum absolute atomic E-state index is 0.190. The molecule has 1 aromatic rings. The van der Waals surface area contributed by atoms with Crippen LogP contribution in [0.25, 0.3) is 0 Å². The highest BCUT2D eigenvalue weighted by Crippen LogP contribution is 2.23. The summed E-state index contributed by atoms with van der Waals surface area (Å²) in [6, 6.07) is 4.15. The van der Waals surface area contributed by atoms with E-state index < -0.39 is 5.97 Å². The van der Waals surface area contributed by atoms with Crippen LogP contribution in [0.1, 0.15) is 30.5 Å². The summed E-state index contributed by atoms with van der Waals surface area (Å²) in [7, 11) is 0. The molecule has 1 unspecified atom stereocenters. The van der Waals surface area contributed by atoms with Crippen molar-refractivity contribution in [3.05, 3.63) is 21.9 Å². The zero-order valence-electron chi connectivity index (χ0n) is 9.49. The lowest BCUT2D eigenvalue weighted by Crippen LogP contribution is -2.21. The van der Waals surface area contributed by atoms with Gasteiger partial charge in [0.1, 0.15) is 0 Å². The number of carbonyl (C=O) groups is 1. The van der Waals surface area contributed by atoms with Crippen molar-refractivity contribution >= 4 is 17.3 Å². The second kappa shape index (κ2) is 5.31. The summed E-state index contributed by atoms with van der Waals surface area (Å²) in [6.07, 6.45) is 1.70. The van der Waals surface area contributed by atoms with Gasteiger partial charge >= 0.3 is 5.97 Å². The molecule has 0 saturated heterocycles. The zero-order valence-corrected chi connectivity index (χ0v) is 10.3. The molecule has 84 valence electrons. The van der Waals surface area contributed by atoms with E-state index in [1.54, 1.807) is 11.3 Å². The highest BCUT2D eigenvalue weighted by molar-refractivity contribution is 7.11. The van der Waals surface area contributed by atoms with Gasteiger partial charge in [-0.2, -0.15) is 0 Å². The van der Waals surface area contributed by atoms with Crippen molar-refractivity contribution in [1.29, 1.82) is 0 Å². The molecule has 0 spiro atoms. The Kier molecular flexibility index (Phi) is 4.33. The molecule has 0 amide bonds. The van der Waals surface area contributed by atoms with Crippen molar-refractivity contribution in [3.63, 3.8) is 0 Å². The van der Waals surface area contributed by atoms with Crippen LogP contribution >= 0.6 is 11.3 Å². The molecule has 2 nitrogen and oxygen atoms in total. The maximum Gasteiger partial charge on any atom is 0.307 e. The molecule has 0 aliphatic carbocycles. The second-order valence-corrected chi connectivity index (χ2v) is 5.37. The molecule has 1 rings (SSSR count). The zero-order chi connectivity index (χ0) is 11.4. The third-order valence-corrected chi connectivity index (χ3v) is 3.86. The topological polar surface area (TPSA) is 37.3 Å². The fourth-order valence-corrected chi connectivity index (χ4v) is 2.56. The maximum atomic E-state index is 11.0. The van der Waals surface area contributed by atoms with Gasteiger partial charge in [-0.05, 0) is 30.9 Å². The SMILES string of the molecule is CCc1ccc(CC(C(=O)O)C(C)C)s1. The van der Waals surface area contributed by atoms with Crippen LogP contribution in [0.3, 0.4) is 0 Å². The monoisotopic (exact) mass is 226 g/mol. The van der Waals surface area contributed by atoms with E-state index in [0.717, 1.165) is 6.42 Å². The molecule has 0 bridgehead atoms. The minimum Gasteiger partial charge on any atom is -0.481 e. The van der Waals surface area contributed by atoms with Crippen molar-refractivity contribution in [1.82, 2.24) is 0 Å². The Morgan fingerprint density at radius 3 is 2.40 bits per heavy atom. The minimum atomic E-state index is -0.684. The third kappa shape index (κ3) is 3.34. The Labute approximate surface area is 94.9 Å². The molecule has 0 fully saturated rings. The maximum absolute atomic E-state index is 11.0. The van der Waals surface area contributed by atoms with Gasteiger partial charge in [-0.15, -0.1) is 11.3 Å². The summed E-state index contributed by atoms with van der Waals surface area (Å²) in [6.45, 7) is 6.05. The average molecular weight is 226 g/mol. The Balaban J connectivity index is 2.69. The second-order valence-electron chi connectivity index (χ2n) is 4.11. The van der Waals surface area contributed by atoms with Gasteiger partial charge in [0.2, 0.25) is 0 Å². The lowest BCUT2D eigenvalue weighted by molar-refractivity contribution is -0.143. The van der Waals surface area contributed by atoms with Gasteiger partial charge in [0.25, 0.3) is 0 Å². The highest BCUT2D eigenvalue weighted by Gasteiger charge is 2.22. The number of hydrogen-bond donors (Lipinski definition) is 1. The van der Waals surface area contributed by atoms with E-state index >= 15 is 0 Å². The van der Waals surface area contributed by atoms with Gasteiger partial charge in [-0.3, -0.25) is 4.79 Å². The normalized spacial score (nSPS) is 13.1. The van der Waals surface area contributed by atoms with Crippen molar-refractivity contribution in [2.24, 2.45) is 11.8 Å². The van der Waals surface area contributed by atoms with Crippen LogP contribution in [0.2, 0.25) is 0 Å². The van der Waals surface area contributed by atoms with E-state index in [1.165, 1.54) is 9.75 Å². The van der Waals surface area contributed by atoms with E-state index in [-0.39, 0.29) is 11.8 Å². The van der Waals surface area contributed by atoms with Crippen LogP contribution in [0, 0.1) is 11.8 Å². The summed E-state index contributed by atoms with van der Waals surface area (Å²) in [5.74, 6) is -0.750. The summed E-state index contributed by atoms with van der Waals surface area (Å²) >= 11 is 1.73. The Bertz CT molecular complexity index is 328. The number of rotatable bonds is 5. The predicted octanol–water partition coefficient (Wildman–Crippen LogP) is 3.21. The van der Waals surface area contributed by atoms with Gasteiger partial charge in [0.05, 0.1) is 5.92 Å². The Morgan fingerprint density at radius 2 is 2.00 bits per heavy atom. The van der Waals surface area contributed by atoms with Gasteiger partial charge in [0, 0.05) is 9.75 Å². The van der Waals surface area contributed by atoms with Gasteiger partial charge in [0.15, 0.2) is 0 Å². The number of aryl methyl sites for hydroxylation is 1. The van der Waals surface area contributed by atoms with E-state index in [9.17, 15) is 4.79 Å². The van der Waals surface area contributed by atoms with E-state index in [4.69, 9.17) is 5.11 Å². The van der Waals surface area contributed by atoms with Crippen molar-refractivity contribution in [3.8, 4) is 0 Å². The molecule has 1 atom stereocenters. The first-order valence-corrected chi connectivity index (χ1v) is 6.16. The average Bonchev–Trinajstić information content (AvgIpc) is 2.60. The highest BCUT2D eigenvalue weighted by atomic mass is 32.1. The van der Waals surface area contributed by atoms with E-state index in [2.05, 4.69) is 19.1 Å². The first-order valence-electron chi connectivity index (χ1n) is 5.35. The standard InChI is InChI=1S/C12H18O2S/c1-4-9-5-6-10(15-9)7-11(8(2)3)12(13)14/h5-6,8,11H,4,7H2,1-3H3,(H,13,14). The lowest BCUT2D eigenvalue weighted by Gasteiger charge is -2.14. The van der Waals surface area contributed by atoms with Gasteiger partial charge in [-0.25, -0.2) is 0 Å². The molecule has 0 aliphatic heterocycles. The molecule has 1 aromatic heterocycles. The molecule has 1 N–H and O–H groups in total. The van der Waals surface area contributed by atoms with Gasteiger partial charge < -0.3 is 5.11 Å². The van der Waals surface area contributed by atoms with Crippen molar-refractivity contribution in [2.45, 2.75) is 33.6 Å². The van der Waals surface area contributed by atoms with Crippen LogP contribution in [0.4, 0.5) is 0 Å². The van der Waals surface area contributed by atoms with Gasteiger partial charge in [-0.1, -0.05) is 20.8 Å². The Hall–Kier alpha value is -0.830. The van der Waals surface area contributed by atoms with E-state index in [1.807, 2.05) is 13.8 Å². The fourth-order valence-electron chi connectivity index (χ4n) is 1.55. The summed E-state index contributed by atoms with van der Waals surface area (Å²) in [5.41, 5.74) is 0. The predicted molar refractivity (Wildman–Crippen MR) is 63.4 cm³/mol. The molecule has 0 aromatic carbocycles. The first kappa shape index (κ1) is 12.2. The summed E-state index contributed by atoms with van der Waals surface area (Å²) in [5, 5.41) is 9.07. The van der Waals surface area contributed by atoms with Crippen molar-refractivity contribution < 1.29 is 9.90 Å². The molecule has 0 radical (unpaired) electrons. The van der Waals surface area contributed by atoms with Crippen molar-refractivity contribution in [2.75, 3.05) is 0 Å². The first-order chi connectivity index (χ1) is 7.04. The number of thiophene rings is 1. The molecular formula is C12H18O2S. The quantitative estimate of drug-likeness (QED) is 0.837. The number of carboxylic acids is 1. The van der Waals surface area contributed by atoms with Crippen LogP contribution in [-0.4, -0.2) is 11.1 Å². The number of aliphatic carboxylic acids is 1. The van der Waals surface area contributed by atoms with Crippen LogP contribution in [0.15, 0.2) is 12.1 Å². The smallest absolute Gasteiger partial charge is 0.307 e. The van der Waals surface area contributed by atoms with Crippen LogP contribution in [0.5, 0.6) is 0 Å². The van der Waals surface area contributed by atoms with E-state index in [0.29, 0.717) is 6.42 Å². The molecule has 3 heteroatoms. The number of carboxylic acid groups (broad SMARTS) is 1. The largest absolute Gasteiger partial charge is 0.481 e. The molecule has 0 saturated carbocycles. The summed E-state index contributed by atoms with van der Waals surface area (Å²) < 4.78 is 0. The summed E-state index contributed by atoms with van der Waals surface area (Å²) in [4.78, 5) is 13.5. The fraction of sp³-hybridized carbons (Fsp3) is 0.583.